The van der Waals surface area contributed by atoms with Crippen molar-refractivity contribution in [2.24, 2.45) is 11.8 Å². The van der Waals surface area contributed by atoms with E-state index in [9.17, 15) is 9.59 Å². The van der Waals surface area contributed by atoms with Crippen molar-refractivity contribution in [1.29, 1.82) is 0 Å². The molecule has 3 rings (SSSR count). The Morgan fingerprint density at radius 1 is 1.36 bits per heavy atom. The number of morpholine rings is 1. The molecule has 2 heterocycles. The number of thiophene rings is 1. The molecule has 0 spiro atoms. The van der Waals surface area contributed by atoms with Crippen LogP contribution in [0.15, 0.2) is 6.07 Å². The maximum Gasteiger partial charge on any atom is 0.264 e. The molecule has 138 valence electrons. The molecule has 25 heavy (non-hydrogen) atoms. The van der Waals surface area contributed by atoms with Gasteiger partial charge in [-0.2, -0.15) is 0 Å². The molecule has 2 amide bonds. The zero-order chi connectivity index (χ0) is 17.8. The van der Waals surface area contributed by atoms with E-state index in [0.717, 1.165) is 37.1 Å². The van der Waals surface area contributed by atoms with Crippen LogP contribution in [0.4, 0.5) is 0 Å². The molecular weight excluding hydrogens is 336 g/mol. The topological polar surface area (TPSA) is 58.6 Å². The van der Waals surface area contributed by atoms with Crippen LogP contribution in [0.25, 0.3) is 0 Å². The van der Waals surface area contributed by atoms with Crippen LogP contribution < -0.4 is 5.32 Å². The zero-order valence-electron chi connectivity index (χ0n) is 15.2. The predicted octanol–water partition coefficient (Wildman–Crippen LogP) is 2.49. The summed E-state index contributed by atoms with van der Waals surface area (Å²) in [5.74, 6) is 0.920. The number of nitrogens with zero attached hydrogens (tertiary/aromatic N) is 1. The number of hydrogen-bond donors (Lipinski definition) is 1. The van der Waals surface area contributed by atoms with Crippen LogP contribution in [0.5, 0.6) is 0 Å². The summed E-state index contributed by atoms with van der Waals surface area (Å²) in [7, 11) is 0. The summed E-state index contributed by atoms with van der Waals surface area (Å²) in [5, 5.41) is 3.07. The second kappa shape index (κ2) is 8.32. The third-order valence-electron chi connectivity index (χ3n) is 4.98. The monoisotopic (exact) mass is 364 g/mol. The van der Waals surface area contributed by atoms with E-state index in [-0.39, 0.29) is 17.7 Å². The second-order valence-corrected chi connectivity index (χ2v) is 8.51. The van der Waals surface area contributed by atoms with Crippen molar-refractivity contribution in [1.82, 2.24) is 10.2 Å². The number of ether oxygens (including phenoxy) is 1. The Labute approximate surface area is 153 Å². The van der Waals surface area contributed by atoms with E-state index >= 15 is 0 Å². The van der Waals surface area contributed by atoms with Gasteiger partial charge in [0, 0.05) is 30.4 Å². The minimum Gasteiger partial charge on any atom is -0.378 e. The lowest BCUT2D eigenvalue weighted by Gasteiger charge is -2.26. The molecule has 1 fully saturated rings. The van der Waals surface area contributed by atoms with Gasteiger partial charge in [-0.1, -0.05) is 13.8 Å². The van der Waals surface area contributed by atoms with Crippen LogP contribution >= 0.6 is 11.3 Å². The van der Waals surface area contributed by atoms with Crippen molar-refractivity contribution >= 4 is 23.2 Å². The lowest BCUT2D eigenvalue weighted by Crippen LogP contribution is -2.40. The molecule has 1 aliphatic carbocycles. The fourth-order valence-corrected chi connectivity index (χ4v) is 4.58. The third kappa shape index (κ3) is 4.61. The average Bonchev–Trinajstić information content (AvgIpc) is 3.04. The summed E-state index contributed by atoms with van der Waals surface area (Å²) in [6.45, 7) is 7.66. The van der Waals surface area contributed by atoms with Gasteiger partial charge < -0.3 is 15.0 Å². The van der Waals surface area contributed by atoms with Crippen molar-refractivity contribution in [2.75, 3.05) is 32.8 Å². The van der Waals surface area contributed by atoms with Gasteiger partial charge in [0.2, 0.25) is 5.91 Å². The second-order valence-electron chi connectivity index (χ2n) is 7.38. The quantitative estimate of drug-likeness (QED) is 0.873. The minimum atomic E-state index is 0.0422. The first kappa shape index (κ1) is 18.4. The highest BCUT2D eigenvalue weighted by Gasteiger charge is 2.28. The van der Waals surface area contributed by atoms with E-state index in [2.05, 4.69) is 19.2 Å². The van der Waals surface area contributed by atoms with Crippen molar-refractivity contribution < 1.29 is 14.3 Å². The Kier molecular flexibility index (Phi) is 6.12. The number of rotatable bonds is 5. The molecule has 1 saturated heterocycles. The largest absolute Gasteiger partial charge is 0.378 e. The number of carbonyl (C=O) groups excluding carboxylic acids is 2. The summed E-state index contributed by atoms with van der Waals surface area (Å²) in [6, 6.07) is 2.02. The summed E-state index contributed by atoms with van der Waals surface area (Å²) >= 11 is 1.61. The summed E-state index contributed by atoms with van der Waals surface area (Å²) in [6.07, 6.45) is 3.56. The van der Waals surface area contributed by atoms with Crippen LogP contribution in [0.2, 0.25) is 0 Å². The number of fused-ring (bicyclic) bond motifs is 1. The highest BCUT2D eigenvalue weighted by atomic mass is 32.1. The van der Waals surface area contributed by atoms with E-state index in [0.29, 0.717) is 32.2 Å². The first-order valence-electron chi connectivity index (χ1n) is 9.31. The molecule has 1 aromatic heterocycles. The molecular formula is C19H28N2O3S. The van der Waals surface area contributed by atoms with Gasteiger partial charge in [-0.15, -0.1) is 11.3 Å². The molecule has 1 atom stereocenters. The molecule has 5 nitrogen and oxygen atoms in total. The fourth-order valence-electron chi connectivity index (χ4n) is 3.40. The van der Waals surface area contributed by atoms with Crippen molar-refractivity contribution in [3.63, 3.8) is 0 Å². The highest BCUT2D eigenvalue weighted by molar-refractivity contribution is 7.14. The molecule has 2 aliphatic rings. The Morgan fingerprint density at radius 2 is 2.12 bits per heavy atom. The summed E-state index contributed by atoms with van der Waals surface area (Å²) < 4.78 is 5.32. The molecule has 1 aromatic rings. The first-order chi connectivity index (χ1) is 12.0. The van der Waals surface area contributed by atoms with Crippen molar-refractivity contribution in [3.05, 3.63) is 21.4 Å². The Hall–Kier alpha value is -1.40. The molecule has 6 heteroatoms. The van der Waals surface area contributed by atoms with Crippen molar-refractivity contribution in [3.8, 4) is 0 Å². The van der Waals surface area contributed by atoms with Crippen LogP contribution in [0.1, 0.15) is 46.8 Å². The van der Waals surface area contributed by atoms with Gasteiger partial charge in [0.05, 0.1) is 18.1 Å². The normalized spacial score (nSPS) is 20.4. The van der Waals surface area contributed by atoms with E-state index in [1.165, 1.54) is 10.4 Å². The molecule has 0 bridgehead atoms. The van der Waals surface area contributed by atoms with Gasteiger partial charge in [-0.05, 0) is 43.2 Å². The zero-order valence-corrected chi connectivity index (χ0v) is 16.0. The van der Waals surface area contributed by atoms with Gasteiger partial charge in [-0.25, -0.2) is 0 Å². The third-order valence-corrected chi connectivity index (χ3v) is 6.21. The molecule has 1 unspecified atom stereocenters. The maximum atomic E-state index is 12.6. The minimum absolute atomic E-state index is 0.0422. The van der Waals surface area contributed by atoms with Gasteiger partial charge in [0.1, 0.15) is 0 Å². The van der Waals surface area contributed by atoms with E-state index in [4.69, 9.17) is 4.74 Å². The first-order valence-corrected chi connectivity index (χ1v) is 10.1. The van der Waals surface area contributed by atoms with E-state index in [1.54, 1.807) is 11.3 Å². The number of aryl methyl sites for hydroxylation is 1. The van der Waals surface area contributed by atoms with E-state index < -0.39 is 0 Å². The van der Waals surface area contributed by atoms with Gasteiger partial charge in [-0.3, -0.25) is 9.59 Å². The molecule has 1 N–H and O–H groups in total. The van der Waals surface area contributed by atoms with E-state index in [1.807, 2.05) is 11.0 Å². The average molecular weight is 365 g/mol. The van der Waals surface area contributed by atoms with Crippen LogP contribution in [-0.4, -0.2) is 49.6 Å². The van der Waals surface area contributed by atoms with Crippen LogP contribution in [0.3, 0.4) is 0 Å². The van der Waals surface area contributed by atoms with Gasteiger partial charge in [0.15, 0.2) is 0 Å². The number of amides is 2. The maximum absolute atomic E-state index is 12.6. The smallest absolute Gasteiger partial charge is 0.264 e. The summed E-state index contributed by atoms with van der Waals surface area (Å²) in [5.41, 5.74) is 1.19. The lowest BCUT2D eigenvalue weighted by molar-refractivity contribution is -0.125. The fraction of sp³-hybridized carbons (Fsp3) is 0.684. The lowest BCUT2D eigenvalue weighted by atomic mass is 9.87. The molecule has 0 radical (unpaired) electrons. The molecule has 0 aromatic carbocycles. The number of nitrogens with one attached hydrogen (secondary N) is 1. The standard InChI is InChI=1S/C19H28N2O3S/c1-13(2)5-6-20-18(22)14-3-4-16-15(11-14)12-17(25-16)19(23)21-7-9-24-10-8-21/h12-14H,3-11H2,1-2H3,(H,20,22). The van der Waals surface area contributed by atoms with Gasteiger partial charge in [0.25, 0.3) is 5.91 Å². The van der Waals surface area contributed by atoms with Crippen molar-refractivity contribution in [2.45, 2.75) is 39.5 Å². The van der Waals surface area contributed by atoms with Gasteiger partial charge >= 0.3 is 0 Å². The summed E-state index contributed by atoms with van der Waals surface area (Å²) in [4.78, 5) is 29.0. The SMILES string of the molecule is CC(C)CCNC(=O)C1CCc2sc(C(=O)N3CCOCC3)cc2C1. The number of carbonyl (C=O) groups is 2. The Bertz CT molecular complexity index is 620. The predicted molar refractivity (Wildman–Crippen MR) is 99.0 cm³/mol. The number of hydrogen-bond acceptors (Lipinski definition) is 4. The highest BCUT2D eigenvalue weighted by Crippen LogP contribution is 2.33. The Morgan fingerprint density at radius 3 is 2.84 bits per heavy atom. The van der Waals surface area contributed by atoms with Crippen LogP contribution in [-0.2, 0) is 22.4 Å². The molecule has 1 aliphatic heterocycles. The molecule has 0 saturated carbocycles. The van der Waals surface area contributed by atoms with Crippen LogP contribution in [0, 0.1) is 11.8 Å². The Balaban J connectivity index is 1.59.